The van der Waals surface area contributed by atoms with E-state index in [9.17, 15) is 0 Å². The van der Waals surface area contributed by atoms with Crippen molar-refractivity contribution in [3.8, 4) is 0 Å². The number of nitrogen functional groups attached to an aromatic ring is 1. The Morgan fingerprint density at radius 1 is 1.46 bits per heavy atom. The van der Waals surface area contributed by atoms with Crippen molar-refractivity contribution in [2.45, 2.75) is 25.4 Å². The molecule has 0 radical (unpaired) electrons. The summed E-state index contributed by atoms with van der Waals surface area (Å²) in [6.45, 7) is 0.868. The Morgan fingerprint density at radius 2 is 2.38 bits per heavy atom. The zero-order chi connectivity index (χ0) is 9.10. The van der Waals surface area contributed by atoms with Gasteiger partial charge in [-0.05, 0) is 37.0 Å². The molecule has 0 aromatic carbocycles. The third kappa shape index (κ3) is 1.98. The van der Waals surface area contributed by atoms with Crippen molar-refractivity contribution in [2.24, 2.45) is 0 Å². The van der Waals surface area contributed by atoms with Crippen LogP contribution in [0.2, 0.25) is 0 Å². The molecule has 1 aromatic rings. The van der Waals surface area contributed by atoms with Crippen LogP contribution in [0.1, 0.15) is 30.9 Å². The van der Waals surface area contributed by atoms with E-state index < -0.39 is 0 Å². The van der Waals surface area contributed by atoms with Crippen LogP contribution >= 0.6 is 0 Å². The van der Waals surface area contributed by atoms with Crippen LogP contribution in [-0.4, -0.2) is 11.6 Å². The van der Waals surface area contributed by atoms with Gasteiger partial charge in [0, 0.05) is 12.8 Å². The van der Waals surface area contributed by atoms with Crippen molar-refractivity contribution in [2.75, 3.05) is 12.3 Å². The van der Waals surface area contributed by atoms with Crippen molar-refractivity contribution in [3.63, 3.8) is 0 Å². The Kier molecular flexibility index (Phi) is 2.45. The van der Waals surface area contributed by atoms with Crippen LogP contribution in [0.25, 0.3) is 0 Å². The van der Waals surface area contributed by atoms with Gasteiger partial charge < -0.3 is 10.5 Å². The highest BCUT2D eigenvalue weighted by atomic mass is 16.5. The number of rotatable bonds is 1. The highest BCUT2D eigenvalue weighted by molar-refractivity contribution is 5.33. The van der Waals surface area contributed by atoms with Crippen LogP contribution in [0.5, 0.6) is 0 Å². The smallest absolute Gasteiger partial charge is 0.123 e. The lowest BCUT2D eigenvalue weighted by atomic mass is 10.0. The molecule has 0 aliphatic carbocycles. The van der Waals surface area contributed by atoms with Crippen molar-refractivity contribution in [1.82, 2.24) is 4.98 Å². The van der Waals surface area contributed by atoms with Gasteiger partial charge in [0.2, 0.25) is 0 Å². The van der Waals surface area contributed by atoms with Crippen LogP contribution in [0, 0.1) is 0 Å². The molecule has 0 bridgehead atoms. The second-order valence-corrected chi connectivity index (χ2v) is 3.37. The van der Waals surface area contributed by atoms with E-state index in [0.29, 0.717) is 5.82 Å². The molecular formula is C10H14N2O. The lowest BCUT2D eigenvalue weighted by molar-refractivity contribution is 0.0149. The molecule has 3 nitrogen and oxygen atoms in total. The largest absolute Gasteiger partial charge is 0.384 e. The van der Waals surface area contributed by atoms with E-state index in [0.717, 1.165) is 18.6 Å². The van der Waals surface area contributed by atoms with Gasteiger partial charge in [-0.25, -0.2) is 4.98 Å². The van der Waals surface area contributed by atoms with E-state index >= 15 is 0 Å². The van der Waals surface area contributed by atoms with Crippen LogP contribution < -0.4 is 5.73 Å². The maximum Gasteiger partial charge on any atom is 0.123 e. The number of hydrogen-bond acceptors (Lipinski definition) is 3. The average Bonchev–Trinajstić information content (AvgIpc) is 2.19. The summed E-state index contributed by atoms with van der Waals surface area (Å²) in [6, 6.07) is 3.88. The summed E-state index contributed by atoms with van der Waals surface area (Å²) in [5.41, 5.74) is 6.76. The number of pyridine rings is 1. The van der Waals surface area contributed by atoms with Gasteiger partial charge in [-0.3, -0.25) is 0 Å². The monoisotopic (exact) mass is 178 g/mol. The molecule has 2 heterocycles. The Bertz CT molecular complexity index is 282. The molecule has 1 saturated heterocycles. The standard InChI is InChI=1S/C10H14N2O/c11-10-7-8(4-5-12-10)9-3-1-2-6-13-9/h4-5,7,9H,1-3,6H2,(H2,11,12). The number of aromatic nitrogens is 1. The van der Waals surface area contributed by atoms with Gasteiger partial charge in [0.25, 0.3) is 0 Å². The Labute approximate surface area is 77.9 Å². The lowest BCUT2D eigenvalue weighted by Crippen LogP contribution is -2.11. The number of ether oxygens (including phenoxy) is 1. The molecule has 1 aliphatic rings. The number of anilines is 1. The molecule has 2 rings (SSSR count). The zero-order valence-corrected chi connectivity index (χ0v) is 7.57. The van der Waals surface area contributed by atoms with Gasteiger partial charge in [-0.15, -0.1) is 0 Å². The normalized spacial score (nSPS) is 22.9. The van der Waals surface area contributed by atoms with Crippen LogP contribution in [0.4, 0.5) is 5.82 Å². The molecule has 0 amide bonds. The van der Waals surface area contributed by atoms with Gasteiger partial charge in [0.1, 0.15) is 5.82 Å². The molecule has 1 atom stereocenters. The fourth-order valence-corrected chi connectivity index (χ4v) is 1.67. The summed E-state index contributed by atoms with van der Waals surface area (Å²) >= 11 is 0. The minimum absolute atomic E-state index is 0.235. The number of nitrogens with zero attached hydrogens (tertiary/aromatic N) is 1. The van der Waals surface area contributed by atoms with Crippen molar-refractivity contribution in [3.05, 3.63) is 23.9 Å². The molecule has 2 N–H and O–H groups in total. The quantitative estimate of drug-likeness (QED) is 0.714. The summed E-state index contributed by atoms with van der Waals surface area (Å²) < 4.78 is 5.64. The first-order valence-corrected chi connectivity index (χ1v) is 4.69. The van der Waals surface area contributed by atoms with Gasteiger partial charge in [0.05, 0.1) is 6.10 Å². The van der Waals surface area contributed by atoms with Crippen LogP contribution in [-0.2, 0) is 4.74 Å². The molecule has 13 heavy (non-hydrogen) atoms. The van der Waals surface area contributed by atoms with Gasteiger partial charge in [-0.1, -0.05) is 0 Å². The van der Waals surface area contributed by atoms with Gasteiger partial charge in [-0.2, -0.15) is 0 Å². The van der Waals surface area contributed by atoms with Crippen molar-refractivity contribution < 1.29 is 4.74 Å². The third-order valence-corrected chi connectivity index (χ3v) is 2.36. The summed E-state index contributed by atoms with van der Waals surface area (Å²) in [7, 11) is 0. The van der Waals surface area contributed by atoms with E-state index in [-0.39, 0.29) is 6.10 Å². The highest BCUT2D eigenvalue weighted by Crippen LogP contribution is 2.27. The highest BCUT2D eigenvalue weighted by Gasteiger charge is 2.15. The molecule has 1 aromatic heterocycles. The minimum atomic E-state index is 0.235. The second-order valence-electron chi connectivity index (χ2n) is 3.37. The lowest BCUT2D eigenvalue weighted by Gasteiger charge is -2.22. The summed E-state index contributed by atoms with van der Waals surface area (Å²) in [4.78, 5) is 3.96. The van der Waals surface area contributed by atoms with E-state index in [1.807, 2.05) is 12.1 Å². The van der Waals surface area contributed by atoms with Gasteiger partial charge >= 0.3 is 0 Å². The fraction of sp³-hybridized carbons (Fsp3) is 0.500. The summed E-state index contributed by atoms with van der Waals surface area (Å²) in [5.74, 6) is 0.576. The van der Waals surface area contributed by atoms with E-state index in [1.54, 1.807) is 6.20 Å². The number of hydrogen-bond donors (Lipinski definition) is 1. The average molecular weight is 178 g/mol. The van der Waals surface area contributed by atoms with E-state index in [1.165, 1.54) is 12.8 Å². The zero-order valence-electron chi connectivity index (χ0n) is 7.57. The summed E-state index contributed by atoms with van der Waals surface area (Å²) in [6.07, 6.45) is 5.50. The van der Waals surface area contributed by atoms with E-state index in [2.05, 4.69) is 4.98 Å². The molecule has 0 saturated carbocycles. The molecule has 70 valence electrons. The van der Waals surface area contributed by atoms with Crippen molar-refractivity contribution in [1.29, 1.82) is 0 Å². The molecular weight excluding hydrogens is 164 g/mol. The minimum Gasteiger partial charge on any atom is -0.384 e. The molecule has 1 fully saturated rings. The topological polar surface area (TPSA) is 48.1 Å². The molecule has 1 unspecified atom stereocenters. The van der Waals surface area contributed by atoms with Gasteiger partial charge in [0.15, 0.2) is 0 Å². The maximum atomic E-state index is 5.64. The first-order chi connectivity index (χ1) is 6.36. The molecule has 1 aliphatic heterocycles. The Morgan fingerprint density at radius 3 is 3.08 bits per heavy atom. The van der Waals surface area contributed by atoms with Crippen molar-refractivity contribution >= 4 is 5.82 Å². The maximum absolute atomic E-state index is 5.64. The van der Waals surface area contributed by atoms with E-state index in [4.69, 9.17) is 10.5 Å². The summed E-state index contributed by atoms with van der Waals surface area (Å²) in [5, 5.41) is 0. The third-order valence-electron chi connectivity index (χ3n) is 2.36. The van der Waals surface area contributed by atoms with Crippen LogP contribution in [0.3, 0.4) is 0 Å². The van der Waals surface area contributed by atoms with Crippen LogP contribution in [0.15, 0.2) is 18.3 Å². The predicted octanol–water partition coefficient (Wildman–Crippen LogP) is 1.91. The Balaban J connectivity index is 2.14. The predicted molar refractivity (Wildman–Crippen MR) is 51.2 cm³/mol. The second kappa shape index (κ2) is 3.75. The molecule has 3 heteroatoms. The number of nitrogens with two attached hydrogens (primary N) is 1. The first kappa shape index (κ1) is 8.51. The SMILES string of the molecule is Nc1cc(C2CCCCO2)ccn1. The molecule has 0 spiro atoms. The fourth-order valence-electron chi connectivity index (χ4n) is 1.67. The Hall–Kier alpha value is -1.09. The first-order valence-electron chi connectivity index (χ1n) is 4.69.